The van der Waals surface area contributed by atoms with Crippen LogP contribution in [-0.4, -0.2) is 109 Å². The Balaban J connectivity index is 1.49. The fourth-order valence-corrected chi connectivity index (χ4v) is 10.5. The number of β-lactam (4-membered cyclic amide) rings is 2. The van der Waals surface area contributed by atoms with Gasteiger partial charge in [-0.05, 0) is 45.4 Å². The van der Waals surface area contributed by atoms with Crippen molar-refractivity contribution in [2.45, 2.75) is 91.0 Å². The van der Waals surface area contributed by atoms with Gasteiger partial charge < -0.3 is 41.2 Å². The summed E-state index contributed by atoms with van der Waals surface area (Å²) in [6.45, 7) is 6.47. The SMILES string of the molecule is CC(=O)Oc1ccc(C(N)C(=O)N[C@]2(C(CN)OC(=O)[C@@H]3N4C(=O)C[C@H]4S(=O)(=O)C3(C)C)C(=O)N3[C@@H](C(=O)O)C(C)(C)S[C@@H]32)cc1. The molecule has 18 heteroatoms. The van der Waals surface area contributed by atoms with Crippen LogP contribution < -0.4 is 21.5 Å². The van der Waals surface area contributed by atoms with Gasteiger partial charge in [-0.2, -0.15) is 0 Å². The molecule has 6 N–H and O–H groups in total. The molecule has 4 aliphatic rings. The van der Waals surface area contributed by atoms with Gasteiger partial charge in [-0.3, -0.25) is 19.2 Å². The molecule has 5 rings (SSSR count). The summed E-state index contributed by atoms with van der Waals surface area (Å²) in [4.78, 5) is 79.5. The van der Waals surface area contributed by atoms with Crippen molar-refractivity contribution in [2.24, 2.45) is 11.5 Å². The zero-order chi connectivity index (χ0) is 34.3. The molecule has 16 nitrogen and oxygen atoms in total. The van der Waals surface area contributed by atoms with E-state index in [2.05, 4.69) is 5.32 Å². The lowest BCUT2D eigenvalue weighted by Gasteiger charge is -2.55. The van der Waals surface area contributed by atoms with E-state index in [9.17, 15) is 42.3 Å². The summed E-state index contributed by atoms with van der Waals surface area (Å²) in [5, 5.41) is 10.3. The van der Waals surface area contributed by atoms with Gasteiger partial charge in [0.05, 0.1) is 11.2 Å². The van der Waals surface area contributed by atoms with Crippen molar-refractivity contribution in [2.75, 3.05) is 6.54 Å². The number of carbonyl (C=O) groups is 6. The average Bonchev–Trinajstić information content (AvgIpc) is 3.30. The second-order valence-electron chi connectivity index (χ2n) is 12.7. The number of rotatable bonds is 9. The van der Waals surface area contributed by atoms with E-state index >= 15 is 0 Å². The van der Waals surface area contributed by atoms with Crippen LogP contribution in [0.1, 0.15) is 52.6 Å². The number of carbonyl (C=O) groups excluding carboxylic acids is 5. The maximum atomic E-state index is 14.1. The number of esters is 2. The number of ether oxygens (including phenoxy) is 2. The maximum absolute atomic E-state index is 14.1. The van der Waals surface area contributed by atoms with Crippen molar-refractivity contribution < 1.29 is 51.8 Å². The molecule has 0 aromatic heterocycles. The molecule has 0 saturated carbocycles. The first-order valence-electron chi connectivity index (χ1n) is 14.3. The van der Waals surface area contributed by atoms with Gasteiger partial charge in [-0.1, -0.05) is 12.1 Å². The Morgan fingerprint density at radius 3 is 2.22 bits per heavy atom. The number of benzene rings is 1. The molecule has 2 unspecified atom stereocenters. The Bertz CT molecular complexity index is 1650. The number of amides is 3. The first-order valence-corrected chi connectivity index (χ1v) is 16.7. The van der Waals surface area contributed by atoms with Crippen LogP contribution in [-0.2, 0) is 43.3 Å². The molecule has 46 heavy (non-hydrogen) atoms. The molecule has 0 aliphatic carbocycles. The molecule has 250 valence electrons. The lowest BCUT2D eigenvalue weighted by Crippen LogP contribution is -2.85. The topological polar surface area (TPSA) is 246 Å². The third-order valence-electron chi connectivity index (χ3n) is 9.11. The summed E-state index contributed by atoms with van der Waals surface area (Å²) in [5.41, 5.74) is 10.5. The molecule has 7 atom stereocenters. The number of nitrogens with two attached hydrogens (primary N) is 2. The van der Waals surface area contributed by atoms with Crippen LogP contribution in [0.15, 0.2) is 24.3 Å². The fourth-order valence-electron chi connectivity index (χ4n) is 6.66. The predicted molar refractivity (Wildman–Crippen MR) is 160 cm³/mol. The number of carboxylic acids is 1. The summed E-state index contributed by atoms with van der Waals surface area (Å²) in [6, 6.07) is 1.42. The number of nitrogens with zero attached hydrogens (tertiary/aromatic N) is 2. The van der Waals surface area contributed by atoms with Crippen molar-refractivity contribution in [3.05, 3.63) is 29.8 Å². The zero-order valence-electron chi connectivity index (χ0n) is 25.6. The monoisotopic (exact) mass is 681 g/mol. The minimum atomic E-state index is -3.98. The summed E-state index contributed by atoms with van der Waals surface area (Å²) in [7, 11) is -3.98. The van der Waals surface area contributed by atoms with Crippen LogP contribution in [0.25, 0.3) is 0 Å². The highest BCUT2D eigenvalue weighted by molar-refractivity contribution is 8.01. The van der Waals surface area contributed by atoms with Crippen molar-refractivity contribution in [1.82, 2.24) is 15.1 Å². The average molecular weight is 682 g/mol. The van der Waals surface area contributed by atoms with Crippen LogP contribution >= 0.6 is 11.8 Å². The first-order chi connectivity index (χ1) is 21.2. The van der Waals surface area contributed by atoms with Gasteiger partial charge >= 0.3 is 17.9 Å². The summed E-state index contributed by atoms with van der Waals surface area (Å²) in [6.07, 6.45) is -1.91. The maximum Gasteiger partial charge on any atom is 0.330 e. The van der Waals surface area contributed by atoms with Crippen LogP contribution in [0.4, 0.5) is 0 Å². The fraction of sp³-hybridized carbons (Fsp3) is 0.571. The number of carboxylic acid groups (broad SMARTS) is 1. The summed E-state index contributed by atoms with van der Waals surface area (Å²) < 4.78 is 34.2. The van der Waals surface area contributed by atoms with Gasteiger partial charge in [-0.25, -0.2) is 18.0 Å². The van der Waals surface area contributed by atoms with Crippen LogP contribution in [0.5, 0.6) is 5.75 Å². The molecule has 4 heterocycles. The molecule has 1 aromatic rings. The molecule has 3 amide bonds. The summed E-state index contributed by atoms with van der Waals surface area (Å²) >= 11 is 1.05. The second kappa shape index (κ2) is 10.9. The first kappa shape index (κ1) is 33.6. The number of hydrogen-bond acceptors (Lipinski definition) is 13. The minimum Gasteiger partial charge on any atom is -0.480 e. The normalized spacial score (nSPS) is 31.0. The van der Waals surface area contributed by atoms with E-state index in [0.717, 1.165) is 21.6 Å². The minimum absolute atomic E-state index is 0.198. The van der Waals surface area contributed by atoms with Gasteiger partial charge in [0.1, 0.15) is 40.7 Å². The highest BCUT2D eigenvalue weighted by atomic mass is 32.2. The van der Waals surface area contributed by atoms with E-state index < -0.39 is 102 Å². The molecular weight excluding hydrogens is 646 g/mol. The van der Waals surface area contributed by atoms with Crippen LogP contribution in [0, 0.1) is 0 Å². The Morgan fingerprint density at radius 2 is 1.70 bits per heavy atom. The number of thioether (sulfide) groups is 1. The van der Waals surface area contributed by atoms with E-state index in [0.29, 0.717) is 0 Å². The van der Waals surface area contributed by atoms with E-state index in [-0.39, 0.29) is 17.7 Å². The third kappa shape index (κ3) is 4.67. The van der Waals surface area contributed by atoms with Gasteiger partial charge in [0.15, 0.2) is 15.4 Å². The highest BCUT2D eigenvalue weighted by Gasteiger charge is 2.76. The molecule has 4 fully saturated rings. The molecule has 4 saturated heterocycles. The number of fused-ring (bicyclic) bond motifs is 2. The Labute approximate surface area is 268 Å². The van der Waals surface area contributed by atoms with Gasteiger partial charge in [-0.15, -0.1) is 11.8 Å². The molecule has 0 radical (unpaired) electrons. The van der Waals surface area contributed by atoms with Gasteiger partial charge in [0, 0.05) is 18.2 Å². The van der Waals surface area contributed by atoms with Crippen molar-refractivity contribution in [3.63, 3.8) is 0 Å². The van der Waals surface area contributed by atoms with Gasteiger partial charge in [0.2, 0.25) is 11.8 Å². The molecule has 0 spiro atoms. The Hall–Kier alpha value is -3.74. The van der Waals surface area contributed by atoms with Crippen LogP contribution in [0.3, 0.4) is 0 Å². The predicted octanol–water partition coefficient (Wildman–Crippen LogP) is -1.38. The third-order valence-corrected chi connectivity index (χ3v) is 13.6. The van der Waals surface area contributed by atoms with E-state index in [1.165, 1.54) is 45.0 Å². The Morgan fingerprint density at radius 1 is 1.09 bits per heavy atom. The lowest BCUT2D eigenvalue weighted by molar-refractivity contribution is -0.187. The van der Waals surface area contributed by atoms with Crippen LogP contribution in [0.2, 0.25) is 0 Å². The van der Waals surface area contributed by atoms with Crippen molar-refractivity contribution >= 4 is 57.2 Å². The zero-order valence-corrected chi connectivity index (χ0v) is 27.2. The quantitative estimate of drug-likeness (QED) is 0.133. The second-order valence-corrected chi connectivity index (χ2v) is 17.1. The highest BCUT2D eigenvalue weighted by Crippen LogP contribution is 2.56. The van der Waals surface area contributed by atoms with Crippen molar-refractivity contribution in [3.8, 4) is 5.75 Å². The molecule has 4 aliphatic heterocycles. The standard InChI is InChI=1S/C28H35N5O11S2/c1-12(34)43-14-8-6-13(7-9-14)18(30)21(36)31-28(24(40)33-19(22(37)38)26(2,3)45-25(28)33)15(11-29)44-23(39)20-27(4,5)46(41,42)17-10-16(35)32(17)20/h6-9,15,17-20,25H,10-11,29-30H2,1-5H3,(H,31,36)(H,37,38)/t15?,17-,18?,19+,20+,25-,28-/m1/s1. The largest absolute Gasteiger partial charge is 0.480 e. The van der Waals surface area contributed by atoms with Crippen molar-refractivity contribution in [1.29, 1.82) is 0 Å². The number of aliphatic carboxylic acids is 1. The summed E-state index contributed by atoms with van der Waals surface area (Å²) in [5.74, 6) is -5.17. The Kier molecular flexibility index (Phi) is 7.98. The molecule has 1 aromatic carbocycles. The number of sulfone groups is 1. The van der Waals surface area contributed by atoms with E-state index in [1.807, 2.05) is 0 Å². The smallest absolute Gasteiger partial charge is 0.330 e. The molecular formula is C28H35N5O11S2. The van der Waals surface area contributed by atoms with E-state index in [1.54, 1.807) is 13.8 Å². The van der Waals surface area contributed by atoms with Gasteiger partial charge in [0.25, 0.3) is 5.91 Å². The lowest BCUT2D eigenvalue weighted by atomic mass is 9.79. The number of hydrogen-bond donors (Lipinski definition) is 4. The number of nitrogens with one attached hydrogen (secondary N) is 1. The molecule has 0 bridgehead atoms. The van der Waals surface area contributed by atoms with E-state index in [4.69, 9.17) is 20.9 Å².